The van der Waals surface area contributed by atoms with E-state index in [1.54, 1.807) is 12.3 Å². The predicted molar refractivity (Wildman–Crippen MR) is 79.5 cm³/mol. The summed E-state index contributed by atoms with van der Waals surface area (Å²) in [5.74, 6) is 0.195. The van der Waals surface area contributed by atoms with Crippen molar-refractivity contribution in [3.63, 3.8) is 0 Å². The first-order valence-electron chi connectivity index (χ1n) is 5.92. The second-order valence-corrected chi connectivity index (χ2v) is 5.67. The molecule has 1 aromatic heterocycles. The molecule has 1 heterocycles. The van der Waals surface area contributed by atoms with Gasteiger partial charge < -0.3 is 5.11 Å². The van der Waals surface area contributed by atoms with Gasteiger partial charge in [-0.25, -0.2) is 9.97 Å². The molecule has 0 amide bonds. The van der Waals surface area contributed by atoms with E-state index in [-0.39, 0.29) is 17.1 Å². The molecule has 0 aliphatic carbocycles. The number of carbonyl (C=O) groups is 1. The smallest absolute Gasteiger partial charge is 0.188 e. The number of aryl methyl sites for hydroxylation is 1. The van der Waals surface area contributed by atoms with E-state index in [1.165, 1.54) is 24.8 Å². The Morgan fingerprint density at radius 2 is 2.20 bits per heavy atom. The van der Waals surface area contributed by atoms with Crippen LogP contribution in [-0.2, 0) is 5.75 Å². The largest absolute Gasteiger partial charge is 0.507 e. The molecule has 0 saturated heterocycles. The van der Waals surface area contributed by atoms with Crippen LogP contribution in [0.2, 0.25) is 5.02 Å². The summed E-state index contributed by atoms with van der Waals surface area (Å²) in [5, 5.41) is 11.1. The molecule has 0 unspecified atom stereocenters. The van der Waals surface area contributed by atoms with Gasteiger partial charge in [0.1, 0.15) is 5.75 Å². The number of hydrogen-bond donors (Lipinski definition) is 1. The molecule has 0 saturated carbocycles. The van der Waals surface area contributed by atoms with E-state index in [9.17, 15) is 9.90 Å². The molecule has 1 aromatic carbocycles. The first-order chi connectivity index (χ1) is 9.47. The van der Waals surface area contributed by atoms with Gasteiger partial charge in [-0.1, -0.05) is 23.4 Å². The van der Waals surface area contributed by atoms with Crippen LogP contribution in [0, 0.1) is 6.92 Å². The summed E-state index contributed by atoms with van der Waals surface area (Å²) in [7, 11) is 0. The molecule has 0 aliphatic rings. The number of halogens is 1. The number of carbonyl (C=O) groups excluding carboxylic acids is 1. The van der Waals surface area contributed by atoms with Crippen LogP contribution in [0.1, 0.15) is 28.5 Å². The van der Waals surface area contributed by atoms with Crippen LogP contribution >= 0.6 is 23.4 Å². The number of ketones is 1. The maximum absolute atomic E-state index is 11.4. The number of nitrogens with zero attached hydrogens (tertiary/aromatic N) is 2. The fraction of sp³-hybridized carbons (Fsp3) is 0.214. The van der Waals surface area contributed by atoms with Crippen LogP contribution in [-0.4, -0.2) is 20.9 Å². The van der Waals surface area contributed by atoms with Gasteiger partial charge in [0.15, 0.2) is 10.9 Å². The Morgan fingerprint density at radius 3 is 2.85 bits per heavy atom. The molecule has 0 bridgehead atoms. The van der Waals surface area contributed by atoms with E-state index in [2.05, 4.69) is 9.97 Å². The number of hydrogen-bond acceptors (Lipinski definition) is 5. The van der Waals surface area contributed by atoms with Crippen molar-refractivity contribution in [3.8, 4) is 5.75 Å². The molecule has 20 heavy (non-hydrogen) atoms. The lowest BCUT2D eigenvalue weighted by molar-refractivity contribution is 0.101. The number of rotatable bonds is 4. The van der Waals surface area contributed by atoms with Crippen molar-refractivity contribution >= 4 is 29.1 Å². The number of aromatic hydroxyl groups is 1. The first kappa shape index (κ1) is 14.8. The maximum atomic E-state index is 11.4. The summed E-state index contributed by atoms with van der Waals surface area (Å²) in [6, 6.07) is 4.93. The summed E-state index contributed by atoms with van der Waals surface area (Å²) in [4.78, 5) is 19.8. The summed E-state index contributed by atoms with van der Waals surface area (Å²) < 4.78 is 0. The van der Waals surface area contributed by atoms with Crippen molar-refractivity contribution in [3.05, 3.63) is 46.2 Å². The number of thioether (sulfide) groups is 1. The molecular formula is C14H13ClN2O2S. The Kier molecular flexibility index (Phi) is 4.62. The molecule has 1 N–H and O–H groups in total. The molecule has 2 rings (SSSR count). The third-order valence-corrected chi connectivity index (χ3v) is 3.79. The van der Waals surface area contributed by atoms with E-state index in [4.69, 9.17) is 11.6 Å². The van der Waals surface area contributed by atoms with Crippen LogP contribution in [0.5, 0.6) is 5.75 Å². The number of phenols is 1. The molecule has 0 fully saturated rings. The Bertz CT molecular complexity index is 662. The minimum Gasteiger partial charge on any atom is -0.507 e. The van der Waals surface area contributed by atoms with Crippen LogP contribution < -0.4 is 0 Å². The molecule has 0 spiro atoms. The second-order valence-electron chi connectivity index (χ2n) is 4.29. The van der Waals surface area contributed by atoms with E-state index in [0.717, 1.165) is 5.69 Å². The standard InChI is InChI=1S/C14H13ClN2O2S/c1-8-3-4-16-14(17-8)20-7-10-5-11(15)6-12(9(2)18)13(10)19/h3-6,19H,7H2,1-2H3. The molecule has 104 valence electrons. The SMILES string of the molecule is CC(=O)c1cc(Cl)cc(CSc2nccc(C)n2)c1O. The molecule has 0 radical (unpaired) electrons. The van der Waals surface area contributed by atoms with Gasteiger partial charge in [0.2, 0.25) is 0 Å². The lowest BCUT2D eigenvalue weighted by atomic mass is 10.1. The number of Topliss-reactive ketones (excluding diaryl/α,β-unsaturated/α-hetero) is 1. The van der Waals surface area contributed by atoms with Crippen LogP contribution in [0.15, 0.2) is 29.6 Å². The second kappa shape index (κ2) is 6.24. The molecule has 0 aliphatic heterocycles. The van der Waals surface area contributed by atoms with Crippen LogP contribution in [0.4, 0.5) is 0 Å². The predicted octanol–water partition coefficient (Wildman–Crippen LogP) is 3.64. The number of phenolic OH excluding ortho intramolecular Hbond substituents is 1. The molecule has 6 heteroatoms. The first-order valence-corrected chi connectivity index (χ1v) is 7.28. The minimum atomic E-state index is -0.219. The highest BCUT2D eigenvalue weighted by Crippen LogP contribution is 2.31. The van der Waals surface area contributed by atoms with Gasteiger partial charge in [-0.15, -0.1) is 0 Å². The van der Waals surface area contributed by atoms with Crippen molar-refractivity contribution in [2.24, 2.45) is 0 Å². The van der Waals surface area contributed by atoms with Crippen molar-refractivity contribution in [1.82, 2.24) is 9.97 Å². The minimum absolute atomic E-state index is 0.0259. The van der Waals surface area contributed by atoms with Crippen molar-refractivity contribution in [1.29, 1.82) is 0 Å². The van der Waals surface area contributed by atoms with E-state index in [0.29, 0.717) is 21.5 Å². The number of aromatic nitrogens is 2. The fourth-order valence-electron chi connectivity index (χ4n) is 1.67. The lowest BCUT2D eigenvalue weighted by Gasteiger charge is -2.08. The van der Waals surface area contributed by atoms with Gasteiger partial charge in [0, 0.05) is 28.2 Å². The average Bonchev–Trinajstić information content (AvgIpc) is 2.39. The summed E-state index contributed by atoms with van der Waals surface area (Å²) >= 11 is 7.35. The van der Waals surface area contributed by atoms with E-state index in [1.807, 2.05) is 13.0 Å². The normalized spacial score (nSPS) is 10.6. The average molecular weight is 309 g/mol. The Morgan fingerprint density at radius 1 is 1.45 bits per heavy atom. The summed E-state index contributed by atoms with van der Waals surface area (Å²) in [6.07, 6.45) is 1.68. The maximum Gasteiger partial charge on any atom is 0.188 e. The molecule has 4 nitrogen and oxygen atoms in total. The molecule has 2 aromatic rings. The lowest BCUT2D eigenvalue weighted by Crippen LogP contribution is -1.96. The topological polar surface area (TPSA) is 63.1 Å². The van der Waals surface area contributed by atoms with Crippen molar-refractivity contribution in [2.75, 3.05) is 0 Å². The van der Waals surface area contributed by atoms with Gasteiger partial charge >= 0.3 is 0 Å². The summed E-state index contributed by atoms with van der Waals surface area (Å²) in [6.45, 7) is 3.28. The zero-order valence-corrected chi connectivity index (χ0v) is 12.6. The molecular weight excluding hydrogens is 296 g/mol. The van der Waals surface area contributed by atoms with E-state index >= 15 is 0 Å². The number of benzene rings is 1. The zero-order valence-electron chi connectivity index (χ0n) is 11.1. The highest BCUT2D eigenvalue weighted by atomic mass is 35.5. The highest BCUT2D eigenvalue weighted by Gasteiger charge is 2.13. The quantitative estimate of drug-likeness (QED) is 0.531. The van der Waals surface area contributed by atoms with Gasteiger partial charge in [-0.05, 0) is 32.0 Å². The van der Waals surface area contributed by atoms with Crippen LogP contribution in [0.3, 0.4) is 0 Å². The van der Waals surface area contributed by atoms with Crippen molar-refractivity contribution < 1.29 is 9.90 Å². The van der Waals surface area contributed by atoms with Gasteiger partial charge in [-0.2, -0.15) is 0 Å². The van der Waals surface area contributed by atoms with Gasteiger partial charge in [0.25, 0.3) is 0 Å². The van der Waals surface area contributed by atoms with E-state index < -0.39 is 0 Å². The Balaban J connectivity index is 2.23. The van der Waals surface area contributed by atoms with Gasteiger partial charge in [-0.3, -0.25) is 4.79 Å². The summed E-state index contributed by atoms with van der Waals surface area (Å²) in [5.41, 5.74) is 1.71. The Hall–Kier alpha value is -1.59. The van der Waals surface area contributed by atoms with Gasteiger partial charge in [0.05, 0.1) is 5.56 Å². The molecule has 0 atom stereocenters. The third-order valence-electron chi connectivity index (χ3n) is 2.66. The fourth-order valence-corrected chi connectivity index (χ4v) is 2.76. The highest BCUT2D eigenvalue weighted by molar-refractivity contribution is 7.98. The zero-order chi connectivity index (χ0) is 14.7. The van der Waals surface area contributed by atoms with Crippen LogP contribution in [0.25, 0.3) is 0 Å². The third kappa shape index (κ3) is 3.49. The monoisotopic (exact) mass is 308 g/mol. The van der Waals surface area contributed by atoms with Crippen molar-refractivity contribution in [2.45, 2.75) is 24.8 Å². The Labute approximate surface area is 126 Å².